The van der Waals surface area contributed by atoms with Crippen LogP contribution in [0.25, 0.3) is 0 Å². The molecule has 0 radical (unpaired) electrons. The molecule has 3 amide bonds. The molecule has 2 atom stereocenters. The molecule has 2 saturated heterocycles. The first-order valence-electron chi connectivity index (χ1n) is 10.6. The minimum Gasteiger partial charge on any atom is -0.492 e. The molecule has 4 rings (SSSR count). The largest absolute Gasteiger partial charge is 0.492 e. The van der Waals surface area contributed by atoms with E-state index in [-0.39, 0.29) is 29.9 Å². The van der Waals surface area contributed by atoms with Crippen molar-refractivity contribution < 1.29 is 23.9 Å². The molecule has 0 bridgehead atoms. The van der Waals surface area contributed by atoms with Crippen molar-refractivity contribution >= 4 is 17.7 Å². The van der Waals surface area contributed by atoms with Crippen molar-refractivity contribution in [2.45, 2.75) is 57.8 Å². The smallest absolute Gasteiger partial charge is 0.255 e. The predicted octanol–water partition coefficient (Wildman–Crippen LogP) is 1.33. The van der Waals surface area contributed by atoms with Gasteiger partial charge in [-0.05, 0) is 50.6 Å². The highest BCUT2D eigenvalue weighted by atomic mass is 16.5. The summed E-state index contributed by atoms with van der Waals surface area (Å²) in [6.07, 6.45) is 0.609. The Bertz CT molecular complexity index is 868. The molecule has 162 valence electrons. The lowest BCUT2D eigenvalue weighted by atomic mass is 10.0. The number of likely N-dealkylation sites (N-methyl/N-ethyl adjacent to an activating group) is 1. The van der Waals surface area contributed by atoms with Gasteiger partial charge in [-0.1, -0.05) is 6.92 Å². The Balaban J connectivity index is 1.41. The van der Waals surface area contributed by atoms with Gasteiger partial charge in [-0.15, -0.1) is 0 Å². The summed E-state index contributed by atoms with van der Waals surface area (Å²) in [5, 5.41) is 2.32. The number of hydrogen-bond acceptors (Lipinski definition) is 6. The lowest BCUT2D eigenvalue weighted by molar-refractivity contribution is -0.136. The standard InChI is InChI=1S/C22H29N3O5/c1-4-24-13-22(2,3)30-12-15(24)11-29-16-5-6-17-14(9-16)10-25(21(17)28)18-7-8-19(26)23-20(18)27/h5-6,9,15,18H,4,7-8,10-13H2,1-3H3,(H,23,26,27). The molecule has 1 N–H and O–H groups in total. The average molecular weight is 415 g/mol. The van der Waals surface area contributed by atoms with Crippen molar-refractivity contribution in [1.29, 1.82) is 0 Å². The molecule has 1 aromatic rings. The second-order valence-corrected chi connectivity index (χ2v) is 8.82. The molecule has 0 spiro atoms. The number of nitrogens with one attached hydrogen (secondary N) is 1. The van der Waals surface area contributed by atoms with Crippen molar-refractivity contribution in [3.63, 3.8) is 0 Å². The lowest BCUT2D eigenvalue weighted by Crippen LogP contribution is -2.55. The molecule has 3 heterocycles. The predicted molar refractivity (Wildman–Crippen MR) is 109 cm³/mol. The monoisotopic (exact) mass is 415 g/mol. The fraction of sp³-hybridized carbons (Fsp3) is 0.591. The van der Waals surface area contributed by atoms with E-state index in [0.717, 1.165) is 18.7 Å². The number of ether oxygens (including phenoxy) is 2. The number of carbonyl (C=O) groups excluding carboxylic acids is 3. The molecular formula is C22H29N3O5. The van der Waals surface area contributed by atoms with Gasteiger partial charge in [-0.25, -0.2) is 0 Å². The summed E-state index contributed by atoms with van der Waals surface area (Å²) in [7, 11) is 0. The molecule has 3 aliphatic rings. The van der Waals surface area contributed by atoms with Gasteiger partial charge in [-0.2, -0.15) is 0 Å². The van der Waals surface area contributed by atoms with Crippen LogP contribution in [0.4, 0.5) is 0 Å². The van der Waals surface area contributed by atoms with Crippen LogP contribution in [-0.4, -0.2) is 71.5 Å². The first-order chi connectivity index (χ1) is 14.3. The zero-order chi connectivity index (χ0) is 21.5. The Morgan fingerprint density at radius 2 is 2.07 bits per heavy atom. The van der Waals surface area contributed by atoms with Crippen molar-refractivity contribution in [3.05, 3.63) is 29.3 Å². The van der Waals surface area contributed by atoms with E-state index < -0.39 is 11.9 Å². The van der Waals surface area contributed by atoms with Crippen molar-refractivity contribution in [1.82, 2.24) is 15.1 Å². The molecule has 1 aromatic carbocycles. The Hall–Kier alpha value is -2.45. The van der Waals surface area contributed by atoms with Crippen LogP contribution in [-0.2, 0) is 20.9 Å². The zero-order valence-corrected chi connectivity index (χ0v) is 17.8. The molecule has 3 aliphatic heterocycles. The first kappa shape index (κ1) is 20.8. The maximum atomic E-state index is 12.8. The number of fused-ring (bicyclic) bond motifs is 1. The number of morpholine rings is 1. The number of amides is 3. The number of benzene rings is 1. The summed E-state index contributed by atoms with van der Waals surface area (Å²) in [5.74, 6) is -0.158. The maximum absolute atomic E-state index is 12.8. The van der Waals surface area contributed by atoms with Gasteiger partial charge in [0.05, 0.1) is 18.2 Å². The molecule has 0 aliphatic carbocycles. The number of imide groups is 1. The second kappa shape index (κ2) is 8.00. The van der Waals surface area contributed by atoms with Crippen LogP contribution in [0.1, 0.15) is 49.5 Å². The molecule has 0 saturated carbocycles. The third kappa shape index (κ3) is 4.06. The van der Waals surface area contributed by atoms with E-state index in [2.05, 4.69) is 31.0 Å². The van der Waals surface area contributed by atoms with Gasteiger partial charge in [-0.3, -0.25) is 24.6 Å². The molecule has 2 unspecified atom stereocenters. The van der Waals surface area contributed by atoms with Gasteiger partial charge in [0.15, 0.2) is 0 Å². The van der Waals surface area contributed by atoms with Gasteiger partial charge in [0.25, 0.3) is 5.91 Å². The van der Waals surface area contributed by atoms with Gasteiger partial charge in [0.1, 0.15) is 18.4 Å². The van der Waals surface area contributed by atoms with Crippen LogP contribution >= 0.6 is 0 Å². The molecular weight excluding hydrogens is 386 g/mol. The van der Waals surface area contributed by atoms with Gasteiger partial charge < -0.3 is 14.4 Å². The summed E-state index contributed by atoms with van der Waals surface area (Å²) < 4.78 is 12.0. The Morgan fingerprint density at radius 3 is 2.80 bits per heavy atom. The number of piperidine rings is 1. The van der Waals surface area contributed by atoms with Crippen molar-refractivity contribution in [2.24, 2.45) is 0 Å². The Kier molecular flexibility index (Phi) is 5.55. The van der Waals surface area contributed by atoms with Crippen LogP contribution in [0.5, 0.6) is 5.75 Å². The Morgan fingerprint density at radius 1 is 1.27 bits per heavy atom. The van der Waals surface area contributed by atoms with E-state index in [4.69, 9.17) is 9.47 Å². The summed E-state index contributed by atoms with van der Waals surface area (Å²) in [6.45, 7) is 9.59. The maximum Gasteiger partial charge on any atom is 0.255 e. The van der Waals surface area contributed by atoms with Crippen molar-refractivity contribution in [2.75, 3.05) is 26.3 Å². The van der Waals surface area contributed by atoms with Gasteiger partial charge >= 0.3 is 0 Å². The molecule has 8 heteroatoms. The minimum absolute atomic E-state index is 0.153. The third-order valence-electron chi connectivity index (χ3n) is 6.11. The number of nitrogens with zero attached hydrogens (tertiary/aromatic N) is 2. The lowest BCUT2D eigenvalue weighted by Gasteiger charge is -2.43. The van der Waals surface area contributed by atoms with Gasteiger partial charge in [0.2, 0.25) is 11.8 Å². The van der Waals surface area contributed by atoms with E-state index in [1.54, 1.807) is 17.0 Å². The zero-order valence-electron chi connectivity index (χ0n) is 17.8. The molecule has 0 aromatic heterocycles. The molecule has 8 nitrogen and oxygen atoms in total. The average Bonchev–Trinajstić information content (AvgIpc) is 3.02. The number of carbonyl (C=O) groups is 3. The fourth-order valence-electron chi connectivity index (χ4n) is 4.45. The van der Waals surface area contributed by atoms with Gasteiger partial charge in [0, 0.05) is 25.1 Å². The van der Waals surface area contributed by atoms with E-state index in [0.29, 0.717) is 37.5 Å². The SMILES string of the molecule is CCN1CC(C)(C)OCC1COc1ccc2c(c1)CN(C1CCC(=O)NC1=O)C2=O. The summed E-state index contributed by atoms with van der Waals surface area (Å²) in [4.78, 5) is 40.3. The summed E-state index contributed by atoms with van der Waals surface area (Å²) in [5.41, 5.74) is 1.28. The van der Waals surface area contributed by atoms with E-state index in [9.17, 15) is 14.4 Å². The number of hydrogen-bond donors (Lipinski definition) is 1. The highest BCUT2D eigenvalue weighted by Gasteiger charge is 2.39. The van der Waals surface area contributed by atoms with E-state index in [1.165, 1.54) is 0 Å². The van der Waals surface area contributed by atoms with E-state index >= 15 is 0 Å². The molecule has 30 heavy (non-hydrogen) atoms. The minimum atomic E-state index is -0.604. The first-order valence-corrected chi connectivity index (χ1v) is 10.6. The van der Waals surface area contributed by atoms with Crippen LogP contribution in [0.3, 0.4) is 0 Å². The molecule has 2 fully saturated rings. The highest BCUT2D eigenvalue weighted by molar-refractivity contribution is 6.05. The summed E-state index contributed by atoms with van der Waals surface area (Å²) in [6, 6.07) is 5.01. The van der Waals surface area contributed by atoms with Crippen LogP contribution in [0.15, 0.2) is 18.2 Å². The third-order valence-corrected chi connectivity index (χ3v) is 6.11. The van der Waals surface area contributed by atoms with Crippen LogP contribution in [0.2, 0.25) is 0 Å². The van der Waals surface area contributed by atoms with E-state index in [1.807, 2.05) is 6.07 Å². The van der Waals surface area contributed by atoms with Crippen molar-refractivity contribution in [3.8, 4) is 5.75 Å². The normalized spacial score (nSPS) is 26.5. The highest BCUT2D eigenvalue weighted by Crippen LogP contribution is 2.30. The quantitative estimate of drug-likeness (QED) is 0.730. The topological polar surface area (TPSA) is 88.2 Å². The fourth-order valence-corrected chi connectivity index (χ4v) is 4.45. The van der Waals surface area contributed by atoms with Crippen LogP contribution < -0.4 is 10.1 Å². The summed E-state index contributed by atoms with van der Waals surface area (Å²) >= 11 is 0. The van der Waals surface area contributed by atoms with Crippen LogP contribution in [0, 0.1) is 0 Å². The second-order valence-electron chi connectivity index (χ2n) is 8.82. The number of rotatable bonds is 5. The Labute approximate surface area is 176 Å².